The minimum absolute atomic E-state index is 0.440. The van der Waals surface area contributed by atoms with Gasteiger partial charge in [0.2, 0.25) is 5.95 Å². The van der Waals surface area contributed by atoms with Crippen molar-refractivity contribution in [2.45, 2.75) is 13.5 Å². The zero-order valence-corrected chi connectivity index (χ0v) is 8.07. The van der Waals surface area contributed by atoms with Crippen LogP contribution in [0.2, 0.25) is 0 Å². The first-order valence-electron chi connectivity index (χ1n) is 3.90. The summed E-state index contributed by atoms with van der Waals surface area (Å²) in [5.74, 6) is 0.0553. The smallest absolute Gasteiger partial charge is 0.346 e. The minimum Gasteiger partial charge on any atom is -0.346 e. The van der Waals surface area contributed by atoms with Crippen molar-refractivity contribution in [1.82, 2.24) is 9.72 Å². The summed E-state index contributed by atoms with van der Waals surface area (Å²) < 4.78 is 5.97. The van der Waals surface area contributed by atoms with Gasteiger partial charge in [-0.15, -0.1) is 0 Å². The molecule has 5 heteroatoms. The van der Waals surface area contributed by atoms with Crippen molar-refractivity contribution in [2.75, 3.05) is 19.0 Å². The average molecular weight is 183 g/mol. The van der Waals surface area contributed by atoms with Gasteiger partial charge in [0.25, 0.3) is 0 Å². The number of allylic oxidation sites excluding steroid dienone is 1. The normalized spacial score (nSPS) is 10.1. The van der Waals surface area contributed by atoms with Gasteiger partial charge in [-0.05, 0) is 12.1 Å². The first-order valence-corrected chi connectivity index (χ1v) is 3.90. The Morgan fingerprint density at radius 2 is 2.31 bits per heavy atom. The summed E-state index contributed by atoms with van der Waals surface area (Å²) in [7, 11) is 3.60. The summed E-state index contributed by atoms with van der Waals surface area (Å²) in [6.07, 6.45) is 0. The number of anilines is 1. The Labute approximate surface area is 76.2 Å². The molecule has 0 fully saturated rings. The van der Waals surface area contributed by atoms with Gasteiger partial charge in [0.05, 0.1) is 6.54 Å². The molecule has 1 aromatic rings. The maximum Gasteiger partial charge on any atom is 0.443 e. The van der Waals surface area contributed by atoms with Crippen LogP contribution in [0, 0.1) is 0 Å². The molecule has 1 aromatic heterocycles. The van der Waals surface area contributed by atoms with Crippen LogP contribution in [0.15, 0.2) is 21.5 Å². The molecule has 0 aromatic carbocycles. The second-order valence-electron chi connectivity index (χ2n) is 3.19. The second-order valence-corrected chi connectivity index (χ2v) is 3.19. The lowest BCUT2D eigenvalue weighted by Gasteiger charge is -2.10. The number of rotatable bonds is 3. The fourth-order valence-electron chi connectivity index (χ4n) is 0.988. The first kappa shape index (κ1) is 9.57. The lowest BCUT2D eigenvalue weighted by Crippen LogP contribution is -2.22. The van der Waals surface area contributed by atoms with Crippen molar-refractivity contribution < 1.29 is 4.52 Å². The molecule has 0 bridgehead atoms. The molecule has 0 aliphatic heterocycles. The van der Waals surface area contributed by atoms with Crippen molar-refractivity contribution in [3.05, 3.63) is 22.7 Å². The van der Waals surface area contributed by atoms with Crippen LogP contribution in [-0.2, 0) is 6.54 Å². The molecular weight excluding hydrogens is 170 g/mol. The summed E-state index contributed by atoms with van der Waals surface area (Å²) in [6, 6.07) is 0. The van der Waals surface area contributed by atoms with Gasteiger partial charge in [0.15, 0.2) is 0 Å². The van der Waals surface area contributed by atoms with Crippen molar-refractivity contribution >= 4 is 5.95 Å². The highest BCUT2D eigenvalue weighted by atomic mass is 16.5. The maximum absolute atomic E-state index is 11.1. The van der Waals surface area contributed by atoms with Gasteiger partial charge in [-0.3, -0.25) is 4.52 Å². The van der Waals surface area contributed by atoms with E-state index < -0.39 is 5.76 Å². The predicted octanol–water partition coefficient (Wildman–Crippen LogP) is 0.478. The zero-order valence-electron chi connectivity index (χ0n) is 8.07. The van der Waals surface area contributed by atoms with Crippen molar-refractivity contribution in [3.63, 3.8) is 0 Å². The number of hydrogen-bond donors (Lipinski definition) is 0. The van der Waals surface area contributed by atoms with Gasteiger partial charge in [0.1, 0.15) is 0 Å². The summed E-state index contributed by atoms with van der Waals surface area (Å²) in [5.41, 5.74) is 0.883. The van der Waals surface area contributed by atoms with Crippen molar-refractivity contribution in [3.8, 4) is 0 Å². The van der Waals surface area contributed by atoms with Gasteiger partial charge in [0, 0.05) is 14.1 Å². The molecule has 0 spiro atoms. The van der Waals surface area contributed by atoms with E-state index in [4.69, 9.17) is 0 Å². The third-order valence-corrected chi connectivity index (χ3v) is 1.50. The fraction of sp³-hybridized carbons (Fsp3) is 0.500. The highest BCUT2D eigenvalue weighted by Crippen LogP contribution is 2.05. The molecule has 0 unspecified atom stereocenters. The predicted molar refractivity (Wildman–Crippen MR) is 49.9 cm³/mol. The van der Waals surface area contributed by atoms with E-state index in [0.717, 1.165) is 5.57 Å². The molecule has 72 valence electrons. The van der Waals surface area contributed by atoms with Gasteiger partial charge in [-0.25, -0.2) is 9.36 Å². The van der Waals surface area contributed by atoms with Crippen molar-refractivity contribution in [1.29, 1.82) is 0 Å². The summed E-state index contributed by atoms with van der Waals surface area (Å²) >= 11 is 0. The Kier molecular flexibility index (Phi) is 2.55. The minimum atomic E-state index is -0.452. The Balaban J connectivity index is 3.09. The van der Waals surface area contributed by atoms with Gasteiger partial charge in [-0.1, -0.05) is 12.2 Å². The van der Waals surface area contributed by atoms with Crippen LogP contribution in [0.5, 0.6) is 0 Å². The molecule has 1 heterocycles. The molecule has 13 heavy (non-hydrogen) atoms. The monoisotopic (exact) mass is 183 g/mol. The molecule has 0 N–H and O–H groups in total. The van der Waals surface area contributed by atoms with Crippen LogP contribution >= 0.6 is 0 Å². The molecule has 0 amide bonds. The van der Waals surface area contributed by atoms with E-state index in [9.17, 15) is 4.79 Å². The standard InChI is InChI=1S/C8H13N3O2/c1-6(2)5-11-7(10(3)4)9-13-8(11)12/h1,5H2,2-4H3. The molecular formula is C8H13N3O2. The molecule has 0 aliphatic rings. The molecule has 0 atom stereocenters. The summed E-state index contributed by atoms with van der Waals surface area (Å²) in [4.78, 5) is 12.9. The number of nitrogens with zero attached hydrogens (tertiary/aromatic N) is 3. The van der Waals surface area contributed by atoms with Crippen LogP contribution in [0.1, 0.15) is 6.92 Å². The van der Waals surface area contributed by atoms with E-state index in [-0.39, 0.29) is 0 Å². The van der Waals surface area contributed by atoms with Gasteiger partial charge in [-0.2, -0.15) is 0 Å². The summed E-state index contributed by atoms with van der Waals surface area (Å²) in [6.45, 7) is 6.01. The van der Waals surface area contributed by atoms with Crippen LogP contribution in [0.4, 0.5) is 5.95 Å². The highest BCUT2D eigenvalue weighted by molar-refractivity contribution is 5.25. The lowest BCUT2D eigenvalue weighted by atomic mass is 10.3. The lowest BCUT2D eigenvalue weighted by molar-refractivity contribution is 0.377. The topological polar surface area (TPSA) is 51.3 Å². The van der Waals surface area contributed by atoms with Gasteiger partial charge >= 0.3 is 5.76 Å². The van der Waals surface area contributed by atoms with Gasteiger partial charge < -0.3 is 4.90 Å². The molecule has 0 radical (unpaired) electrons. The van der Waals surface area contributed by atoms with E-state index in [1.54, 1.807) is 19.0 Å². The highest BCUT2D eigenvalue weighted by Gasteiger charge is 2.11. The fourth-order valence-corrected chi connectivity index (χ4v) is 0.988. The first-order chi connectivity index (χ1) is 6.02. The molecule has 5 nitrogen and oxygen atoms in total. The van der Waals surface area contributed by atoms with Crippen molar-refractivity contribution in [2.24, 2.45) is 0 Å². The SMILES string of the molecule is C=C(C)Cn1c(N(C)C)noc1=O. The summed E-state index contributed by atoms with van der Waals surface area (Å²) in [5, 5.41) is 3.63. The largest absolute Gasteiger partial charge is 0.443 e. The number of hydrogen-bond acceptors (Lipinski definition) is 4. The quantitative estimate of drug-likeness (QED) is 0.639. The molecule has 0 saturated heterocycles. The Hall–Kier alpha value is -1.52. The molecule has 0 aliphatic carbocycles. The van der Waals surface area contributed by atoms with Crippen LogP contribution in [-0.4, -0.2) is 23.8 Å². The maximum atomic E-state index is 11.1. The Morgan fingerprint density at radius 1 is 1.69 bits per heavy atom. The Bertz CT molecular complexity index is 362. The van der Waals surface area contributed by atoms with E-state index in [0.29, 0.717) is 12.5 Å². The Morgan fingerprint density at radius 3 is 2.77 bits per heavy atom. The van der Waals surface area contributed by atoms with E-state index >= 15 is 0 Å². The third-order valence-electron chi connectivity index (χ3n) is 1.50. The average Bonchev–Trinajstić information content (AvgIpc) is 2.32. The van der Waals surface area contributed by atoms with E-state index in [1.165, 1.54) is 4.57 Å². The third kappa shape index (κ3) is 1.99. The number of aromatic nitrogens is 2. The van der Waals surface area contributed by atoms with Crippen LogP contribution < -0.4 is 10.7 Å². The van der Waals surface area contributed by atoms with Crippen LogP contribution in [0.25, 0.3) is 0 Å². The van der Waals surface area contributed by atoms with Crippen LogP contribution in [0.3, 0.4) is 0 Å². The molecule has 1 rings (SSSR count). The van der Waals surface area contributed by atoms with E-state index in [2.05, 4.69) is 16.3 Å². The second kappa shape index (κ2) is 3.47. The zero-order chi connectivity index (χ0) is 10.0. The molecule has 0 saturated carbocycles. The van der Waals surface area contributed by atoms with E-state index in [1.807, 2.05) is 6.92 Å².